The largest absolute Gasteiger partial charge is 0.497 e. The molecule has 0 spiro atoms. The Balaban J connectivity index is 2.04. The summed E-state index contributed by atoms with van der Waals surface area (Å²) in [4.78, 5) is 0. The number of halogens is 1. The predicted molar refractivity (Wildman–Crippen MR) is 87.1 cm³/mol. The first-order valence-electron chi connectivity index (χ1n) is 7.22. The Morgan fingerprint density at radius 3 is 2.32 bits per heavy atom. The standard InChI is InChI=1S/C19H17FO2/c1-3-22-18-11-7-15-12-14(6-10-17(15)19(18)20)13-4-8-16(21-2)9-5-13/h4-12H,3H2,1-2H3. The monoisotopic (exact) mass is 296 g/mol. The molecule has 3 aromatic rings. The van der Waals surface area contributed by atoms with Gasteiger partial charge in [0.2, 0.25) is 0 Å². The van der Waals surface area contributed by atoms with Gasteiger partial charge in [0, 0.05) is 5.39 Å². The maximum atomic E-state index is 14.3. The summed E-state index contributed by atoms with van der Waals surface area (Å²) in [6.07, 6.45) is 0. The molecule has 0 aliphatic heterocycles. The average Bonchev–Trinajstić information content (AvgIpc) is 2.57. The van der Waals surface area contributed by atoms with E-state index in [9.17, 15) is 4.39 Å². The van der Waals surface area contributed by atoms with Crippen molar-refractivity contribution < 1.29 is 13.9 Å². The van der Waals surface area contributed by atoms with Gasteiger partial charge in [0.15, 0.2) is 11.6 Å². The molecule has 3 rings (SSSR count). The van der Waals surface area contributed by atoms with E-state index in [4.69, 9.17) is 9.47 Å². The normalized spacial score (nSPS) is 10.7. The van der Waals surface area contributed by atoms with Gasteiger partial charge in [-0.05, 0) is 47.7 Å². The summed E-state index contributed by atoms with van der Waals surface area (Å²) >= 11 is 0. The van der Waals surface area contributed by atoms with Crippen LogP contribution in [-0.4, -0.2) is 13.7 Å². The minimum atomic E-state index is -0.305. The molecule has 0 fully saturated rings. The van der Waals surface area contributed by atoms with Crippen molar-refractivity contribution >= 4 is 10.8 Å². The second-order valence-corrected chi connectivity index (χ2v) is 4.98. The molecule has 0 aliphatic rings. The van der Waals surface area contributed by atoms with Crippen molar-refractivity contribution in [2.75, 3.05) is 13.7 Å². The smallest absolute Gasteiger partial charge is 0.172 e. The summed E-state index contributed by atoms with van der Waals surface area (Å²) in [5.74, 6) is 0.810. The van der Waals surface area contributed by atoms with E-state index in [0.717, 1.165) is 22.3 Å². The van der Waals surface area contributed by atoms with E-state index in [1.165, 1.54) is 0 Å². The first kappa shape index (κ1) is 14.4. The maximum Gasteiger partial charge on any atom is 0.172 e. The summed E-state index contributed by atoms with van der Waals surface area (Å²) in [5, 5.41) is 1.43. The molecule has 0 unspecified atom stereocenters. The van der Waals surface area contributed by atoms with E-state index in [1.807, 2.05) is 49.4 Å². The third kappa shape index (κ3) is 2.62. The lowest BCUT2D eigenvalue weighted by molar-refractivity contribution is 0.323. The Kier molecular flexibility index (Phi) is 3.96. The van der Waals surface area contributed by atoms with Crippen LogP contribution < -0.4 is 9.47 Å². The van der Waals surface area contributed by atoms with Gasteiger partial charge in [-0.1, -0.05) is 30.3 Å². The van der Waals surface area contributed by atoms with Crippen LogP contribution in [0.15, 0.2) is 54.6 Å². The fourth-order valence-electron chi connectivity index (χ4n) is 2.50. The molecule has 0 saturated carbocycles. The van der Waals surface area contributed by atoms with E-state index in [1.54, 1.807) is 19.2 Å². The molecule has 0 amide bonds. The zero-order valence-corrected chi connectivity index (χ0v) is 12.6. The van der Waals surface area contributed by atoms with Gasteiger partial charge in [-0.3, -0.25) is 0 Å². The maximum absolute atomic E-state index is 14.3. The zero-order valence-electron chi connectivity index (χ0n) is 12.6. The second-order valence-electron chi connectivity index (χ2n) is 4.98. The van der Waals surface area contributed by atoms with Crippen LogP contribution in [0.3, 0.4) is 0 Å². The molecular weight excluding hydrogens is 279 g/mol. The number of hydrogen-bond acceptors (Lipinski definition) is 2. The van der Waals surface area contributed by atoms with Gasteiger partial charge in [-0.25, -0.2) is 4.39 Å². The third-order valence-electron chi connectivity index (χ3n) is 3.64. The van der Waals surface area contributed by atoms with Crippen LogP contribution in [0.4, 0.5) is 4.39 Å². The van der Waals surface area contributed by atoms with Crippen molar-refractivity contribution in [1.29, 1.82) is 0 Å². The lowest BCUT2D eigenvalue weighted by atomic mass is 10.0. The van der Waals surface area contributed by atoms with Crippen LogP contribution in [0.1, 0.15) is 6.92 Å². The van der Waals surface area contributed by atoms with Crippen molar-refractivity contribution in [3.05, 3.63) is 60.4 Å². The fraction of sp³-hybridized carbons (Fsp3) is 0.158. The Labute approximate surface area is 129 Å². The molecule has 2 nitrogen and oxygen atoms in total. The van der Waals surface area contributed by atoms with E-state index in [0.29, 0.717) is 17.7 Å². The first-order valence-corrected chi connectivity index (χ1v) is 7.22. The quantitative estimate of drug-likeness (QED) is 0.670. The van der Waals surface area contributed by atoms with Gasteiger partial charge in [-0.15, -0.1) is 0 Å². The molecule has 0 saturated heterocycles. The number of rotatable bonds is 4. The Hall–Kier alpha value is -2.55. The molecular formula is C19H17FO2. The highest BCUT2D eigenvalue weighted by molar-refractivity contribution is 5.89. The Morgan fingerprint density at radius 1 is 0.909 bits per heavy atom. The molecule has 0 bridgehead atoms. The van der Waals surface area contributed by atoms with Crippen molar-refractivity contribution in [1.82, 2.24) is 0 Å². The minimum Gasteiger partial charge on any atom is -0.497 e. The van der Waals surface area contributed by atoms with Crippen LogP contribution in [0.5, 0.6) is 11.5 Å². The molecule has 3 heteroatoms. The topological polar surface area (TPSA) is 18.5 Å². The highest BCUT2D eigenvalue weighted by Gasteiger charge is 2.09. The molecule has 0 N–H and O–H groups in total. The second kappa shape index (κ2) is 6.06. The number of ether oxygens (including phenoxy) is 2. The van der Waals surface area contributed by atoms with Crippen LogP contribution in [0.25, 0.3) is 21.9 Å². The molecule has 0 aliphatic carbocycles. The van der Waals surface area contributed by atoms with Crippen LogP contribution in [-0.2, 0) is 0 Å². The van der Waals surface area contributed by atoms with Gasteiger partial charge in [0.05, 0.1) is 13.7 Å². The Morgan fingerprint density at radius 2 is 1.64 bits per heavy atom. The lowest BCUT2D eigenvalue weighted by Gasteiger charge is -2.09. The summed E-state index contributed by atoms with van der Waals surface area (Å²) in [6, 6.07) is 17.1. The van der Waals surface area contributed by atoms with Gasteiger partial charge < -0.3 is 9.47 Å². The highest BCUT2D eigenvalue weighted by atomic mass is 19.1. The van der Waals surface area contributed by atoms with Gasteiger partial charge in [0.1, 0.15) is 5.75 Å². The third-order valence-corrected chi connectivity index (χ3v) is 3.64. The predicted octanol–water partition coefficient (Wildman–Crippen LogP) is 5.05. The van der Waals surface area contributed by atoms with Crippen LogP contribution in [0, 0.1) is 5.82 Å². The zero-order chi connectivity index (χ0) is 15.5. The number of methoxy groups -OCH3 is 1. The SMILES string of the molecule is CCOc1ccc2cc(-c3ccc(OC)cc3)ccc2c1F. The molecule has 112 valence electrons. The number of hydrogen-bond donors (Lipinski definition) is 0. The fourth-order valence-corrected chi connectivity index (χ4v) is 2.50. The molecule has 22 heavy (non-hydrogen) atoms. The summed E-state index contributed by atoms with van der Waals surface area (Å²) in [6.45, 7) is 2.29. The molecule has 0 atom stereocenters. The van der Waals surface area contributed by atoms with Crippen molar-refractivity contribution in [2.24, 2.45) is 0 Å². The lowest BCUT2D eigenvalue weighted by Crippen LogP contribution is -1.95. The minimum absolute atomic E-state index is 0.298. The van der Waals surface area contributed by atoms with Crippen molar-refractivity contribution in [3.63, 3.8) is 0 Å². The van der Waals surface area contributed by atoms with Gasteiger partial charge >= 0.3 is 0 Å². The first-order chi connectivity index (χ1) is 10.7. The molecule has 0 radical (unpaired) electrons. The van der Waals surface area contributed by atoms with E-state index in [-0.39, 0.29) is 5.82 Å². The van der Waals surface area contributed by atoms with Crippen molar-refractivity contribution in [3.8, 4) is 22.6 Å². The number of fused-ring (bicyclic) bond motifs is 1. The Bertz CT molecular complexity index is 794. The van der Waals surface area contributed by atoms with Gasteiger partial charge in [0.25, 0.3) is 0 Å². The van der Waals surface area contributed by atoms with Crippen LogP contribution in [0.2, 0.25) is 0 Å². The summed E-state index contributed by atoms with van der Waals surface area (Å²) < 4.78 is 24.8. The summed E-state index contributed by atoms with van der Waals surface area (Å²) in [7, 11) is 1.64. The molecule has 0 heterocycles. The van der Waals surface area contributed by atoms with Crippen LogP contribution >= 0.6 is 0 Å². The van der Waals surface area contributed by atoms with Gasteiger partial charge in [-0.2, -0.15) is 0 Å². The molecule has 0 aromatic heterocycles. The number of benzene rings is 3. The van der Waals surface area contributed by atoms with E-state index < -0.39 is 0 Å². The molecule has 3 aromatic carbocycles. The summed E-state index contributed by atoms with van der Waals surface area (Å²) in [5.41, 5.74) is 2.11. The highest BCUT2D eigenvalue weighted by Crippen LogP contribution is 2.30. The van der Waals surface area contributed by atoms with E-state index in [2.05, 4.69) is 0 Å². The van der Waals surface area contributed by atoms with Crippen molar-refractivity contribution in [2.45, 2.75) is 6.92 Å². The van der Waals surface area contributed by atoms with E-state index >= 15 is 0 Å². The average molecular weight is 296 g/mol.